The molecule has 37 heavy (non-hydrogen) atoms. The van der Waals surface area contributed by atoms with E-state index in [0.717, 1.165) is 42.2 Å². The standard InChI is InChI=1S/C25H31N7O3S2/c1-5-31-19(24(33)32(16-6-7-16)17-8-9-17)10-18-21-20(26-13-30(21)4)22(28-23(18)31)29-25-27-15(11-36-25)12-37(34,35)14(2)3/h10-11,13-14,16-17H,5-9,12H2,1-4H3,(H,27,28,29). The van der Waals surface area contributed by atoms with Crippen molar-refractivity contribution in [3.63, 3.8) is 0 Å². The van der Waals surface area contributed by atoms with Crippen molar-refractivity contribution in [3.8, 4) is 0 Å². The quantitative estimate of drug-likeness (QED) is 0.337. The molecule has 0 aromatic carbocycles. The van der Waals surface area contributed by atoms with Crippen molar-refractivity contribution in [2.45, 2.75) is 76.1 Å². The minimum atomic E-state index is -3.25. The summed E-state index contributed by atoms with van der Waals surface area (Å²) in [6.07, 6.45) is 6.08. The molecule has 2 saturated carbocycles. The third-order valence-electron chi connectivity index (χ3n) is 7.20. The highest BCUT2D eigenvalue weighted by Crippen LogP contribution is 2.40. The molecule has 1 amide bonds. The molecule has 12 heteroatoms. The molecule has 0 spiro atoms. The van der Waals surface area contributed by atoms with Gasteiger partial charge in [-0.2, -0.15) is 0 Å². The Morgan fingerprint density at radius 1 is 1.22 bits per heavy atom. The van der Waals surface area contributed by atoms with Gasteiger partial charge in [0.05, 0.1) is 28.5 Å². The summed E-state index contributed by atoms with van der Waals surface area (Å²) in [4.78, 5) is 29.9. The van der Waals surface area contributed by atoms with E-state index in [1.807, 2.05) is 29.2 Å². The number of carbonyl (C=O) groups is 1. The Morgan fingerprint density at radius 2 is 1.92 bits per heavy atom. The van der Waals surface area contributed by atoms with Crippen molar-refractivity contribution in [1.29, 1.82) is 0 Å². The molecule has 0 aliphatic heterocycles. The topological polar surface area (TPSA) is 115 Å². The lowest BCUT2D eigenvalue weighted by atomic mass is 10.2. The van der Waals surface area contributed by atoms with E-state index in [9.17, 15) is 13.2 Å². The lowest BCUT2D eigenvalue weighted by Crippen LogP contribution is -2.36. The first-order valence-electron chi connectivity index (χ1n) is 12.8. The Hall–Kier alpha value is -2.99. The molecule has 4 aromatic heterocycles. The monoisotopic (exact) mass is 541 g/mol. The van der Waals surface area contributed by atoms with Gasteiger partial charge < -0.3 is 19.4 Å². The number of aryl methyl sites for hydroxylation is 2. The second-order valence-electron chi connectivity index (χ2n) is 10.3. The molecule has 0 unspecified atom stereocenters. The van der Waals surface area contributed by atoms with Crippen LogP contribution in [-0.2, 0) is 29.2 Å². The van der Waals surface area contributed by atoms with E-state index in [1.165, 1.54) is 11.3 Å². The van der Waals surface area contributed by atoms with Crippen molar-refractivity contribution < 1.29 is 13.2 Å². The second-order valence-corrected chi connectivity index (χ2v) is 13.7. The molecule has 2 aliphatic rings. The second kappa shape index (κ2) is 8.80. The third kappa shape index (κ3) is 4.29. The van der Waals surface area contributed by atoms with Crippen LogP contribution in [0.3, 0.4) is 0 Å². The molecular weight excluding hydrogens is 510 g/mol. The predicted octanol–water partition coefficient (Wildman–Crippen LogP) is 4.23. The normalized spacial score (nSPS) is 16.2. The van der Waals surface area contributed by atoms with E-state index in [2.05, 4.69) is 20.2 Å². The van der Waals surface area contributed by atoms with E-state index in [4.69, 9.17) is 4.98 Å². The summed E-state index contributed by atoms with van der Waals surface area (Å²) < 4.78 is 28.6. The van der Waals surface area contributed by atoms with Crippen LogP contribution in [0.5, 0.6) is 0 Å². The van der Waals surface area contributed by atoms with E-state index in [1.54, 1.807) is 25.6 Å². The Morgan fingerprint density at radius 3 is 2.54 bits per heavy atom. The Kier molecular flexibility index (Phi) is 5.79. The molecule has 0 atom stereocenters. The predicted molar refractivity (Wildman–Crippen MR) is 145 cm³/mol. The zero-order chi connectivity index (χ0) is 26.1. The Balaban J connectivity index is 1.41. The average Bonchev–Trinajstić information content (AvgIpc) is 3.75. The lowest BCUT2D eigenvalue weighted by molar-refractivity contribution is 0.0719. The number of thiazole rings is 1. The van der Waals surface area contributed by atoms with Crippen LogP contribution >= 0.6 is 11.3 Å². The van der Waals surface area contributed by atoms with Crippen LogP contribution in [0.25, 0.3) is 22.1 Å². The van der Waals surface area contributed by atoms with Crippen molar-refractivity contribution in [2.75, 3.05) is 5.32 Å². The van der Waals surface area contributed by atoms with Crippen molar-refractivity contribution in [2.24, 2.45) is 7.05 Å². The van der Waals surface area contributed by atoms with Crippen LogP contribution in [-0.4, -0.2) is 60.6 Å². The van der Waals surface area contributed by atoms with Crippen molar-refractivity contribution >= 4 is 60.1 Å². The van der Waals surface area contributed by atoms with Gasteiger partial charge in [0, 0.05) is 36.4 Å². The van der Waals surface area contributed by atoms with E-state index < -0.39 is 15.1 Å². The maximum absolute atomic E-state index is 13.7. The number of fused-ring (bicyclic) bond motifs is 3. The van der Waals surface area contributed by atoms with E-state index >= 15 is 0 Å². The number of nitrogens with one attached hydrogen (secondary N) is 1. The number of carbonyl (C=O) groups excluding carboxylic acids is 1. The van der Waals surface area contributed by atoms with Gasteiger partial charge in [-0.1, -0.05) is 0 Å². The molecule has 2 fully saturated rings. The SMILES string of the molecule is CCn1c(C(=O)N(C2CC2)C2CC2)cc2c3c(ncn3C)c(Nc3nc(CS(=O)(=O)C(C)C)cs3)nc21. The number of aromatic nitrogens is 5. The number of nitrogens with zero attached hydrogens (tertiary/aromatic N) is 6. The highest BCUT2D eigenvalue weighted by Gasteiger charge is 2.43. The van der Waals surface area contributed by atoms with Gasteiger partial charge >= 0.3 is 0 Å². The summed E-state index contributed by atoms with van der Waals surface area (Å²) in [5.41, 5.74) is 3.45. The maximum Gasteiger partial charge on any atom is 0.271 e. The minimum absolute atomic E-state index is 0.0885. The number of imidazole rings is 1. The molecule has 1 N–H and O–H groups in total. The molecule has 4 aromatic rings. The van der Waals surface area contributed by atoms with Gasteiger partial charge in [0.1, 0.15) is 16.9 Å². The van der Waals surface area contributed by atoms with Crippen molar-refractivity contribution in [1.82, 2.24) is 29.0 Å². The first kappa shape index (κ1) is 24.4. The molecule has 2 aliphatic carbocycles. The molecule has 0 radical (unpaired) electrons. The van der Waals surface area contributed by atoms with Gasteiger partial charge in [-0.25, -0.2) is 23.4 Å². The number of sulfone groups is 1. The van der Waals surface area contributed by atoms with Crippen LogP contribution in [0.2, 0.25) is 0 Å². The molecule has 4 heterocycles. The van der Waals surface area contributed by atoms with Gasteiger partial charge in [0.2, 0.25) is 0 Å². The smallest absolute Gasteiger partial charge is 0.271 e. The number of anilines is 2. The zero-order valence-electron chi connectivity index (χ0n) is 21.4. The van der Waals surface area contributed by atoms with Crippen LogP contribution in [0.4, 0.5) is 10.9 Å². The minimum Gasteiger partial charge on any atom is -0.333 e. The Labute approximate surface area is 219 Å². The number of rotatable bonds is 9. The molecule has 0 saturated heterocycles. The average molecular weight is 542 g/mol. The summed E-state index contributed by atoms with van der Waals surface area (Å²) in [6, 6.07) is 2.70. The fraction of sp³-hybridized carbons (Fsp3) is 0.520. The van der Waals surface area contributed by atoms with Crippen molar-refractivity contribution in [3.05, 3.63) is 29.2 Å². The molecule has 10 nitrogen and oxygen atoms in total. The highest BCUT2D eigenvalue weighted by atomic mass is 32.2. The summed E-state index contributed by atoms with van der Waals surface area (Å²) in [7, 11) is -1.32. The van der Waals surface area contributed by atoms with Crippen LogP contribution in [0.1, 0.15) is 62.6 Å². The summed E-state index contributed by atoms with van der Waals surface area (Å²) in [6.45, 7) is 5.99. The van der Waals surface area contributed by atoms with Gasteiger partial charge in [-0.05, 0) is 52.5 Å². The Bertz CT molecular complexity index is 1610. The zero-order valence-corrected chi connectivity index (χ0v) is 23.1. The fourth-order valence-electron chi connectivity index (χ4n) is 4.87. The van der Waals surface area contributed by atoms with Gasteiger partial charge in [0.25, 0.3) is 5.91 Å². The number of hydrogen-bond donors (Lipinski definition) is 1. The molecular formula is C25H31N7O3S2. The molecule has 196 valence electrons. The van der Waals surface area contributed by atoms with Gasteiger partial charge in [-0.3, -0.25) is 4.79 Å². The number of amides is 1. The van der Waals surface area contributed by atoms with E-state index in [-0.39, 0.29) is 11.7 Å². The molecule has 0 bridgehead atoms. The third-order valence-corrected chi connectivity index (χ3v) is 10.1. The van der Waals surface area contributed by atoms with Crippen LogP contribution in [0.15, 0.2) is 17.8 Å². The largest absolute Gasteiger partial charge is 0.333 e. The highest BCUT2D eigenvalue weighted by molar-refractivity contribution is 7.91. The number of pyridine rings is 1. The summed E-state index contributed by atoms with van der Waals surface area (Å²) in [5.74, 6) is 0.520. The molecule has 6 rings (SSSR count). The van der Waals surface area contributed by atoms with E-state index in [0.29, 0.717) is 46.5 Å². The number of hydrogen-bond acceptors (Lipinski definition) is 8. The van der Waals surface area contributed by atoms with Gasteiger partial charge in [-0.15, -0.1) is 11.3 Å². The summed E-state index contributed by atoms with van der Waals surface area (Å²) >= 11 is 1.33. The lowest BCUT2D eigenvalue weighted by Gasteiger charge is -2.22. The fourth-order valence-corrected chi connectivity index (χ4v) is 6.58. The van der Waals surface area contributed by atoms with Crippen LogP contribution < -0.4 is 5.32 Å². The van der Waals surface area contributed by atoms with Gasteiger partial charge in [0.15, 0.2) is 20.8 Å². The summed E-state index contributed by atoms with van der Waals surface area (Å²) in [5, 5.41) is 6.01. The maximum atomic E-state index is 13.7. The first-order chi connectivity index (χ1) is 17.7. The van der Waals surface area contributed by atoms with Crippen LogP contribution in [0, 0.1) is 0 Å². The first-order valence-corrected chi connectivity index (χ1v) is 15.4.